The van der Waals surface area contributed by atoms with Crippen LogP contribution in [0.3, 0.4) is 0 Å². The summed E-state index contributed by atoms with van der Waals surface area (Å²) in [6, 6.07) is 7.49. The van der Waals surface area contributed by atoms with E-state index >= 15 is 0 Å². The van der Waals surface area contributed by atoms with Crippen molar-refractivity contribution < 1.29 is 10.0 Å². The quantitative estimate of drug-likeness (QED) is 0.434. The minimum atomic E-state index is -0.437. The predicted octanol–water partition coefficient (Wildman–Crippen LogP) is 1.65. The van der Waals surface area contributed by atoms with E-state index in [0.717, 1.165) is 23.9 Å². The standard InChI is InChI=1S/C10H12N2O2/c1-2-8-5-3-4-6-9(8)12-10(13)7-11-14/h3-7,14H,2H2,1H3,(H,12,13)/b11-7+. The summed E-state index contributed by atoms with van der Waals surface area (Å²) in [5.41, 5.74) is 1.80. The van der Waals surface area contributed by atoms with Crippen LogP contribution in [0.25, 0.3) is 0 Å². The Morgan fingerprint density at radius 3 is 2.93 bits per heavy atom. The maximum atomic E-state index is 11.1. The van der Waals surface area contributed by atoms with Crippen LogP contribution in [0, 0.1) is 0 Å². The summed E-state index contributed by atoms with van der Waals surface area (Å²) >= 11 is 0. The molecular weight excluding hydrogens is 180 g/mol. The van der Waals surface area contributed by atoms with Gasteiger partial charge in [0.15, 0.2) is 0 Å². The Bertz CT molecular complexity index is 348. The third-order valence-corrected chi connectivity index (χ3v) is 1.83. The van der Waals surface area contributed by atoms with Crippen LogP contribution in [0.4, 0.5) is 5.69 Å². The number of carbonyl (C=O) groups excluding carboxylic acids is 1. The van der Waals surface area contributed by atoms with Gasteiger partial charge in [-0.3, -0.25) is 4.79 Å². The number of aryl methyl sites for hydroxylation is 1. The van der Waals surface area contributed by atoms with Gasteiger partial charge in [0.05, 0.1) is 0 Å². The fraction of sp³-hybridized carbons (Fsp3) is 0.200. The van der Waals surface area contributed by atoms with Crippen molar-refractivity contribution >= 4 is 17.8 Å². The third kappa shape index (κ3) is 2.58. The number of anilines is 1. The van der Waals surface area contributed by atoms with Gasteiger partial charge in [0.25, 0.3) is 5.91 Å². The number of benzene rings is 1. The maximum absolute atomic E-state index is 11.1. The molecule has 0 aliphatic rings. The van der Waals surface area contributed by atoms with Gasteiger partial charge >= 0.3 is 0 Å². The Labute approximate surface area is 82.2 Å². The number of carbonyl (C=O) groups is 1. The Kier molecular flexibility index (Phi) is 3.67. The van der Waals surface area contributed by atoms with Gasteiger partial charge in [-0.15, -0.1) is 0 Å². The average Bonchev–Trinajstić information content (AvgIpc) is 2.19. The first-order valence-electron chi connectivity index (χ1n) is 4.34. The zero-order valence-electron chi connectivity index (χ0n) is 7.90. The van der Waals surface area contributed by atoms with Crippen LogP contribution in [0.2, 0.25) is 0 Å². The van der Waals surface area contributed by atoms with E-state index in [4.69, 9.17) is 5.21 Å². The maximum Gasteiger partial charge on any atom is 0.270 e. The molecular formula is C10H12N2O2. The number of oxime groups is 1. The van der Waals surface area contributed by atoms with Crippen molar-refractivity contribution in [1.82, 2.24) is 0 Å². The SMILES string of the molecule is CCc1ccccc1NC(=O)/C=N/O. The van der Waals surface area contributed by atoms with Crippen LogP contribution in [0.15, 0.2) is 29.4 Å². The van der Waals surface area contributed by atoms with Crippen LogP contribution < -0.4 is 5.32 Å². The second kappa shape index (κ2) is 5.01. The van der Waals surface area contributed by atoms with Gasteiger partial charge in [-0.25, -0.2) is 0 Å². The molecule has 0 fully saturated rings. The average molecular weight is 192 g/mol. The van der Waals surface area contributed by atoms with Gasteiger partial charge in [-0.1, -0.05) is 30.3 Å². The molecule has 1 rings (SSSR count). The number of amides is 1. The number of nitrogens with one attached hydrogen (secondary N) is 1. The van der Waals surface area contributed by atoms with Crippen molar-refractivity contribution in [3.63, 3.8) is 0 Å². The fourth-order valence-electron chi connectivity index (χ4n) is 1.17. The molecule has 0 heterocycles. The molecule has 0 saturated heterocycles. The summed E-state index contributed by atoms with van der Waals surface area (Å²) < 4.78 is 0. The van der Waals surface area contributed by atoms with Crippen LogP contribution in [-0.2, 0) is 11.2 Å². The lowest BCUT2D eigenvalue weighted by atomic mass is 10.1. The number of hydrogen-bond donors (Lipinski definition) is 2. The number of para-hydroxylation sites is 1. The molecule has 0 aliphatic heterocycles. The zero-order valence-corrected chi connectivity index (χ0v) is 7.90. The molecule has 0 radical (unpaired) electrons. The number of nitrogens with zero attached hydrogens (tertiary/aromatic N) is 1. The molecule has 0 unspecified atom stereocenters. The van der Waals surface area contributed by atoms with E-state index in [2.05, 4.69) is 10.5 Å². The van der Waals surface area contributed by atoms with E-state index in [1.54, 1.807) is 0 Å². The second-order valence-electron chi connectivity index (χ2n) is 2.74. The molecule has 0 aliphatic carbocycles. The lowest BCUT2D eigenvalue weighted by Gasteiger charge is -2.06. The van der Waals surface area contributed by atoms with Crippen molar-refractivity contribution in [2.75, 3.05) is 5.32 Å². The minimum Gasteiger partial charge on any atom is -0.411 e. The Morgan fingerprint density at radius 2 is 2.29 bits per heavy atom. The molecule has 1 amide bonds. The smallest absolute Gasteiger partial charge is 0.270 e. The molecule has 0 aromatic heterocycles. The first-order valence-corrected chi connectivity index (χ1v) is 4.34. The molecule has 0 saturated carbocycles. The molecule has 1 aromatic carbocycles. The number of hydrogen-bond acceptors (Lipinski definition) is 3. The first kappa shape index (κ1) is 10.2. The Morgan fingerprint density at radius 1 is 1.57 bits per heavy atom. The molecule has 0 atom stereocenters. The van der Waals surface area contributed by atoms with Crippen molar-refractivity contribution in [2.24, 2.45) is 5.16 Å². The van der Waals surface area contributed by atoms with Crippen LogP contribution in [0.1, 0.15) is 12.5 Å². The molecule has 4 heteroatoms. The van der Waals surface area contributed by atoms with Crippen LogP contribution in [0.5, 0.6) is 0 Å². The highest BCUT2D eigenvalue weighted by atomic mass is 16.4. The van der Waals surface area contributed by atoms with Gasteiger partial charge in [0.1, 0.15) is 6.21 Å². The molecule has 4 nitrogen and oxygen atoms in total. The molecule has 74 valence electrons. The summed E-state index contributed by atoms with van der Waals surface area (Å²) in [5, 5.41) is 13.4. The Balaban J connectivity index is 2.80. The highest BCUT2D eigenvalue weighted by Crippen LogP contribution is 2.14. The summed E-state index contributed by atoms with van der Waals surface area (Å²) in [7, 11) is 0. The lowest BCUT2D eigenvalue weighted by molar-refractivity contribution is -0.110. The predicted molar refractivity (Wildman–Crippen MR) is 54.7 cm³/mol. The van der Waals surface area contributed by atoms with Crippen molar-refractivity contribution in [1.29, 1.82) is 0 Å². The minimum absolute atomic E-state index is 0.437. The van der Waals surface area contributed by atoms with Crippen LogP contribution >= 0.6 is 0 Å². The summed E-state index contributed by atoms with van der Waals surface area (Å²) in [5.74, 6) is -0.437. The molecule has 0 spiro atoms. The second-order valence-corrected chi connectivity index (χ2v) is 2.74. The lowest BCUT2D eigenvalue weighted by Crippen LogP contribution is -2.13. The van der Waals surface area contributed by atoms with Gasteiger partial charge in [-0.2, -0.15) is 0 Å². The first-order chi connectivity index (χ1) is 6.77. The Hall–Kier alpha value is -1.84. The topological polar surface area (TPSA) is 61.7 Å². The van der Waals surface area contributed by atoms with Gasteiger partial charge in [0, 0.05) is 5.69 Å². The fourth-order valence-corrected chi connectivity index (χ4v) is 1.17. The van der Waals surface area contributed by atoms with Gasteiger partial charge < -0.3 is 10.5 Å². The van der Waals surface area contributed by atoms with E-state index in [1.165, 1.54) is 0 Å². The van der Waals surface area contributed by atoms with Crippen molar-refractivity contribution in [2.45, 2.75) is 13.3 Å². The number of rotatable bonds is 3. The van der Waals surface area contributed by atoms with E-state index in [0.29, 0.717) is 0 Å². The zero-order chi connectivity index (χ0) is 10.4. The molecule has 1 aromatic rings. The molecule has 0 bridgehead atoms. The normalized spacial score (nSPS) is 10.4. The van der Waals surface area contributed by atoms with Crippen LogP contribution in [-0.4, -0.2) is 17.3 Å². The summed E-state index contributed by atoms with van der Waals surface area (Å²) in [4.78, 5) is 11.1. The highest BCUT2D eigenvalue weighted by molar-refractivity contribution is 6.31. The van der Waals surface area contributed by atoms with E-state index in [-0.39, 0.29) is 0 Å². The van der Waals surface area contributed by atoms with E-state index < -0.39 is 5.91 Å². The monoisotopic (exact) mass is 192 g/mol. The summed E-state index contributed by atoms with van der Waals surface area (Å²) in [6.07, 6.45) is 1.67. The van der Waals surface area contributed by atoms with E-state index in [1.807, 2.05) is 31.2 Å². The van der Waals surface area contributed by atoms with Gasteiger partial charge in [-0.05, 0) is 18.1 Å². The largest absolute Gasteiger partial charge is 0.411 e. The van der Waals surface area contributed by atoms with Gasteiger partial charge in [0.2, 0.25) is 0 Å². The van der Waals surface area contributed by atoms with Crippen molar-refractivity contribution in [3.8, 4) is 0 Å². The van der Waals surface area contributed by atoms with Crippen molar-refractivity contribution in [3.05, 3.63) is 29.8 Å². The summed E-state index contributed by atoms with van der Waals surface area (Å²) in [6.45, 7) is 2.01. The highest BCUT2D eigenvalue weighted by Gasteiger charge is 2.02. The van der Waals surface area contributed by atoms with E-state index in [9.17, 15) is 4.79 Å². The molecule has 14 heavy (non-hydrogen) atoms. The third-order valence-electron chi connectivity index (χ3n) is 1.83. The molecule has 2 N–H and O–H groups in total.